The Hall–Kier alpha value is -3.02. The molecule has 1 atom stereocenters. The minimum Gasteiger partial charge on any atom is -0.495 e. The number of benzene rings is 2. The molecule has 0 saturated heterocycles. The van der Waals surface area contributed by atoms with Crippen molar-refractivity contribution in [3.8, 4) is 5.75 Å². The van der Waals surface area contributed by atoms with Crippen LogP contribution in [0.15, 0.2) is 42.5 Å². The van der Waals surface area contributed by atoms with Crippen molar-refractivity contribution in [1.82, 2.24) is 0 Å². The maximum atomic E-state index is 12.6. The molecule has 6 heteroatoms. The van der Waals surface area contributed by atoms with E-state index in [9.17, 15) is 9.59 Å². The van der Waals surface area contributed by atoms with Crippen LogP contribution < -0.4 is 20.3 Å². The van der Waals surface area contributed by atoms with Gasteiger partial charge in [-0.2, -0.15) is 0 Å². The van der Waals surface area contributed by atoms with Gasteiger partial charge in [0.25, 0.3) is 0 Å². The van der Waals surface area contributed by atoms with E-state index in [0.29, 0.717) is 17.1 Å². The van der Waals surface area contributed by atoms with Crippen molar-refractivity contribution in [2.75, 3.05) is 29.2 Å². The Morgan fingerprint density at radius 1 is 1.19 bits per heavy atom. The van der Waals surface area contributed by atoms with Crippen molar-refractivity contribution in [3.05, 3.63) is 48.0 Å². The standard InChI is InChI=1S/C20H23N3O3/c1-13-10-15-6-4-5-7-18(15)23(13)12-20(25)22-17-11-16(21-14(2)24)8-9-19(17)26-3/h4-9,11,13H,10,12H2,1-3H3,(H,21,24)(H,22,25)/t13-/m0/s1. The van der Waals surface area contributed by atoms with E-state index in [1.54, 1.807) is 25.3 Å². The van der Waals surface area contributed by atoms with Crippen LogP contribution in [0.1, 0.15) is 19.4 Å². The molecule has 1 aliphatic heterocycles. The third-order valence-electron chi connectivity index (χ3n) is 4.46. The van der Waals surface area contributed by atoms with Gasteiger partial charge in [-0.3, -0.25) is 9.59 Å². The Morgan fingerprint density at radius 3 is 2.69 bits per heavy atom. The summed E-state index contributed by atoms with van der Waals surface area (Å²) < 4.78 is 5.31. The minimum atomic E-state index is -0.171. The maximum Gasteiger partial charge on any atom is 0.244 e. The second-order valence-electron chi connectivity index (χ2n) is 6.45. The van der Waals surface area contributed by atoms with Crippen LogP contribution >= 0.6 is 0 Å². The lowest BCUT2D eigenvalue weighted by Crippen LogP contribution is -2.37. The smallest absolute Gasteiger partial charge is 0.244 e. The summed E-state index contributed by atoms with van der Waals surface area (Å²) >= 11 is 0. The Kier molecular flexibility index (Phi) is 5.11. The van der Waals surface area contributed by atoms with Gasteiger partial charge in [0, 0.05) is 24.3 Å². The van der Waals surface area contributed by atoms with E-state index in [-0.39, 0.29) is 24.4 Å². The molecule has 0 saturated carbocycles. The first-order chi connectivity index (χ1) is 12.5. The summed E-state index contributed by atoms with van der Waals surface area (Å²) in [4.78, 5) is 26.0. The van der Waals surface area contributed by atoms with Gasteiger partial charge in [0.15, 0.2) is 0 Å². The maximum absolute atomic E-state index is 12.6. The molecule has 2 amide bonds. The number of anilines is 3. The zero-order chi connectivity index (χ0) is 18.7. The fourth-order valence-corrected chi connectivity index (χ4v) is 3.30. The summed E-state index contributed by atoms with van der Waals surface area (Å²) in [6.07, 6.45) is 0.935. The quantitative estimate of drug-likeness (QED) is 0.867. The number of carbonyl (C=O) groups is 2. The normalized spacial score (nSPS) is 15.3. The number of hydrogen-bond acceptors (Lipinski definition) is 4. The van der Waals surface area contributed by atoms with Crippen LogP contribution in [-0.2, 0) is 16.0 Å². The van der Waals surface area contributed by atoms with Gasteiger partial charge in [0.05, 0.1) is 19.3 Å². The molecule has 0 fully saturated rings. The van der Waals surface area contributed by atoms with E-state index in [0.717, 1.165) is 12.1 Å². The van der Waals surface area contributed by atoms with Gasteiger partial charge in [-0.15, -0.1) is 0 Å². The molecule has 2 aromatic carbocycles. The molecule has 1 heterocycles. The van der Waals surface area contributed by atoms with Crippen molar-refractivity contribution in [3.63, 3.8) is 0 Å². The number of methoxy groups -OCH3 is 1. The lowest BCUT2D eigenvalue weighted by atomic mass is 10.1. The molecule has 0 spiro atoms. The van der Waals surface area contributed by atoms with E-state index in [1.807, 2.05) is 18.2 Å². The molecular formula is C20H23N3O3. The minimum absolute atomic E-state index is 0.133. The number of carbonyl (C=O) groups excluding carboxylic acids is 2. The van der Waals surface area contributed by atoms with E-state index < -0.39 is 0 Å². The molecule has 136 valence electrons. The van der Waals surface area contributed by atoms with Crippen LogP contribution in [0.4, 0.5) is 17.1 Å². The largest absolute Gasteiger partial charge is 0.495 e. The molecular weight excluding hydrogens is 330 g/mol. The van der Waals surface area contributed by atoms with Gasteiger partial charge in [0.1, 0.15) is 5.75 Å². The molecule has 0 aromatic heterocycles. The van der Waals surface area contributed by atoms with Crippen molar-refractivity contribution in [2.24, 2.45) is 0 Å². The predicted molar refractivity (Wildman–Crippen MR) is 103 cm³/mol. The highest BCUT2D eigenvalue weighted by Gasteiger charge is 2.27. The van der Waals surface area contributed by atoms with Gasteiger partial charge in [-0.1, -0.05) is 18.2 Å². The average Bonchev–Trinajstić information content (AvgIpc) is 2.90. The second kappa shape index (κ2) is 7.47. The molecule has 26 heavy (non-hydrogen) atoms. The summed E-state index contributed by atoms with van der Waals surface area (Å²) in [6, 6.07) is 13.6. The van der Waals surface area contributed by atoms with Gasteiger partial charge < -0.3 is 20.3 Å². The Morgan fingerprint density at radius 2 is 1.96 bits per heavy atom. The monoisotopic (exact) mass is 353 g/mol. The number of rotatable bonds is 5. The van der Waals surface area contributed by atoms with Crippen molar-refractivity contribution < 1.29 is 14.3 Å². The fourth-order valence-electron chi connectivity index (χ4n) is 3.30. The highest BCUT2D eigenvalue weighted by Crippen LogP contribution is 2.32. The first kappa shape index (κ1) is 17.8. The highest BCUT2D eigenvalue weighted by atomic mass is 16.5. The number of fused-ring (bicyclic) bond motifs is 1. The number of nitrogens with zero attached hydrogens (tertiary/aromatic N) is 1. The summed E-state index contributed by atoms with van der Waals surface area (Å²) in [5, 5.41) is 5.60. The van der Waals surface area contributed by atoms with E-state index in [2.05, 4.69) is 28.5 Å². The van der Waals surface area contributed by atoms with Crippen molar-refractivity contribution in [1.29, 1.82) is 0 Å². The topological polar surface area (TPSA) is 70.7 Å². The zero-order valence-corrected chi connectivity index (χ0v) is 15.2. The number of para-hydroxylation sites is 1. The van der Waals surface area contributed by atoms with Crippen LogP contribution in [0.5, 0.6) is 5.75 Å². The SMILES string of the molecule is COc1ccc(NC(C)=O)cc1NC(=O)CN1c2ccccc2C[C@@H]1C. The Bertz CT molecular complexity index is 835. The Labute approximate surface area is 153 Å². The van der Waals surface area contributed by atoms with E-state index >= 15 is 0 Å². The highest BCUT2D eigenvalue weighted by molar-refractivity contribution is 5.97. The van der Waals surface area contributed by atoms with Crippen LogP contribution in [0.2, 0.25) is 0 Å². The number of amides is 2. The number of nitrogens with one attached hydrogen (secondary N) is 2. The Balaban J connectivity index is 1.75. The van der Waals surface area contributed by atoms with Crippen LogP contribution in [0.25, 0.3) is 0 Å². The van der Waals surface area contributed by atoms with Gasteiger partial charge in [0.2, 0.25) is 11.8 Å². The lowest BCUT2D eigenvalue weighted by Gasteiger charge is -2.24. The molecule has 6 nitrogen and oxygen atoms in total. The van der Waals surface area contributed by atoms with Crippen molar-refractivity contribution >= 4 is 28.9 Å². The van der Waals surface area contributed by atoms with Gasteiger partial charge >= 0.3 is 0 Å². The van der Waals surface area contributed by atoms with Gasteiger partial charge in [-0.05, 0) is 43.2 Å². The lowest BCUT2D eigenvalue weighted by molar-refractivity contribution is -0.115. The van der Waals surface area contributed by atoms with Crippen molar-refractivity contribution in [2.45, 2.75) is 26.3 Å². The number of ether oxygens (including phenoxy) is 1. The third-order valence-corrected chi connectivity index (χ3v) is 4.46. The fraction of sp³-hybridized carbons (Fsp3) is 0.300. The molecule has 0 aliphatic carbocycles. The van der Waals surface area contributed by atoms with Crippen LogP contribution in [0.3, 0.4) is 0 Å². The van der Waals surface area contributed by atoms with Crippen LogP contribution in [0, 0.1) is 0 Å². The summed E-state index contributed by atoms with van der Waals surface area (Å²) in [7, 11) is 1.54. The average molecular weight is 353 g/mol. The zero-order valence-electron chi connectivity index (χ0n) is 15.2. The summed E-state index contributed by atoms with van der Waals surface area (Å²) in [6.45, 7) is 3.81. The first-order valence-electron chi connectivity index (χ1n) is 8.58. The molecule has 0 radical (unpaired) electrons. The summed E-state index contributed by atoms with van der Waals surface area (Å²) in [5.74, 6) is 0.240. The molecule has 3 rings (SSSR count). The first-order valence-corrected chi connectivity index (χ1v) is 8.58. The third kappa shape index (κ3) is 3.79. The van der Waals surface area contributed by atoms with Gasteiger partial charge in [-0.25, -0.2) is 0 Å². The molecule has 1 aliphatic rings. The predicted octanol–water partition coefficient (Wildman–Crippen LogP) is 3.04. The second-order valence-corrected chi connectivity index (χ2v) is 6.45. The van der Waals surface area contributed by atoms with Crippen LogP contribution in [-0.4, -0.2) is 31.5 Å². The van der Waals surface area contributed by atoms with E-state index in [1.165, 1.54) is 12.5 Å². The molecule has 2 aromatic rings. The number of hydrogen-bond donors (Lipinski definition) is 2. The van der Waals surface area contributed by atoms with E-state index in [4.69, 9.17) is 4.74 Å². The molecule has 0 unspecified atom stereocenters. The molecule has 2 N–H and O–H groups in total. The summed E-state index contributed by atoms with van der Waals surface area (Å²) in [5.41, 5.74) is 3.50. The molecule has 0 bridgehead atoms.